The van der Waals surface area contributed by atoms with Gasteiger partial charge in [0.2, 0.25) is 0 Å². The second-order valence-electron chi connectivity index (χ2n) is 9.47. The SMILES string of the molecule is CCOC(=O)C1=C(C)Nc2c(c(Nc3ccc(Cl)cc3)nc(=O)n2CCN2CCOCC2)C1c1ccccc1. The van der Waals surface area contributed by atoms with Crippen molar-refractivity contribution < 1.29 is 14.3 Å². The van der Waals surface area contributed by atoms with E-state index in [-0.39, 0.29) is 12.3 Å². The standard InChI is InChI=1S/C29H32ClN5O4/c1-3-39-28(36)23-19(2)31-27-25(24(23)20-7-5-4-6-8-20)26(32-22-11-9-21(30)10-12-22)33-29(37)35(27)14-13-34-15-17-38-18-16-34/h4-12,24,31H,3,13-18H2,1-2H3,(H,32,33,37). The first-order chi connectivity index (χ1) is 19.0. The topological polar surface area (TPSA) is 97.7 Å². The maximum atomic E-state index is 13.5. The Kier molecular flexibility index (Phi) is 8.30. The lowest BCUT2D eigenvalue weighted by molar-refractivity contribution is -0.138. The first-order valence-corrected chi connectivity index (χ1v) is 13.5. The van der Waals surface area contributed by atoms with Gasteiger partial charge in [-0.25, -0.2) is 9.59 Å². The minimum Gasteiger partial charge on any atom is -0.463 e. The van der Waals surface area contributed by atoms with E-state index in [4.69, 9.17) is 21.1 Å². The molecular formula is C29H32ClN5O4. The first kappa shape index (κ1) is 26.9. The molecule has 2 aromatic carbocycles. The molecule has 3 heterocycles. The zero-order valence-electron chi connectivity index (χ0n) is 22.1. The fraction of sp³-hybridized carbons (Fsp3) is 0.345. The number of morpholine rings is 1. The van der Waals surface area contributed by atoms with Gasteiger partial charge in [0.15, 0.2) is 0 Å². The van der Waals surface area contributed by atoms with Crippen molar-refractivity contribution in [1.29, 1.82) is 0 Å². The minimum atomic E-state index is -0.515. The third kappa shape index (κ3) is 5.85. The van der Waals surface area contributed by atoms with E-state index in [0.29, 0.717) is 59.8 Å². The number of carbonyl (C=O) groups is 1. The van der Waals surface area contributed by atoms with Gasteiger partial charge in [0.1, 0.15) is 11.6 Å². The smallest absolute Gasteiger partial charge is 0.351 e. The predicted octanol–water partition coefficient (Wildman–Crippen LogP) is 4.37. The summed E-state index contributed by atoms with van der Waals surface area (Å²) in [5.74, 6) is 0.0549. The van der Waals surface area contributed by atoms with E-state index in [0.717, 1.165) is 24.3 Å². The van der Waals surface area contributed by atoms with Gasteiger partial charge in [-0.3, -0.25) is 9.47 Å². The van der Waals surface area contributed by atoms with Gasteiger partial charge < -0.3 is 20.1 Å². The third-order valence-corrected chi connectivity index (χ3v) is 7.24. The number of benzene rings is 2. The van der Waals surface area contributed by atoms with Crippen LogP contribution in [-0.2, 0) is 20.8 Å². The van der Waals surface area contributed by atoms with Gasteiger partial charge in [0, 0.05) is 48.1 Å². The van der Waals surface area contributed by atoms with Crippen LogP contribution in [0.1, 0.15) is 30.9 Å². The Bertz CT molecular complexity index is 1420. The number of anilines is 3. The number of carbonyl (C=O) groups excluding carboxylic acids is 1. The highest BCUT2D eigenvalue weighted by Crippen LogP contribution is 2.45. The van der Waals surface area contributed by atoms with Gasteiger partial charge in [-0.05, 0) is 43.7 Å². The number of halogens is 1. The van der Waals surface area contributed by atoms with Crippen molar-refractivity contribution in [3.8, 4) is 0 Å². The number of esters is 1. The normalized spacial score (nSPS) is 17.4. The van der Waals surface area contributed by atoms with E-state index in [9.17, 15) is 9.59 Å². The summed E-state index contributed by atoms with van der Waals surface area (Å²) in [5.41, 5.74) is 3.04. The Labute approximate surface area is 232 Å². The molecule has 0 bridgehead atoms. The molecule has 5 rings (SSSR count). The maximum absolute atomic E-state index is 13.5. The fourth-order valence-corrected chi connectivity index (χ4v) is 5.21. The van der Waals surface area contributed by atoms with Crippen molar-refractivity contribution >= 4 is 34.9 Å². The molecule has 204 valence electrons. The van der Waals surface area contributed by atoms with Gasteiger partial charge in [0.25, 0.3) is 0 Å². The van der Waals surface area contributed by atoms with Crippen LogP contribution < -0.4 is 16.3 Å². The van der Waals surface area contributed by atoms with Gasteiger partial charge in [-0.15, -0.1) is 0 Å². The molecule has 2 N–H and O–H groups in total. The number of rotatable bonds is 8. The van der Waals surface area contributed by atoms with Crippen LogP contribution in [0.25, 0.3) is 0 Å². The van der Waals surface area contributed by atoms with Gasteiger partial charge in [0.05, 0.1) is 31.3 Å². The monoisotopic (exact) mass is 549 g/mol. The van der Waals surface area contributed by atoms with E-state index in [1.165, 1.54) is 0 Å². The quantitative estimate of drug-likeness (QED) is 0.400. The molecule has 1 atom stereocenters. The minimum absolute atomic E-state index is 0.247. The summed E-state index contributed by atoms with van der Waals surface area (Å²) in [6, 6.07) is 16.9. The van der Waals surface area contributed by atoms with E-state index < -0.39 is 11.9 Å². The number of nitrogens with zero attached hydrogens (tertiary/aromatic N) is 3. The molecule has 0 radical (unpaired) electrons. The van der Waals surface area contributed by atoms with Crippen molar-refractivity contribution in [2.45, 2.75) is 26.3 Å². The van der Waals surface area contributed by atoms with Crippen molar-refractivity contribution in [2.75, 3.05) is 50.1 Å². The molecular weight excluding hydrogens is 518 g/mol. The molecule has 3 aromatic rings. The number of allylic oxidation sites excluding steroid dienone is 1. The Morgan fingerprint density at radius 2 is 1.85 bits per heavy atom. The van der Waals surface area contributed by atoms with Crippen molar-refractivity contribution in [2.24, 2.45) is 0 Å². The van der Waals surface area contributed by atoms with Crippen LogP contribution in [0.15, 0.2) is 70.7 Å². The molecule has 1 saturated heterocycles. The number of ether oxygens (including phenoxy) is 2. The van der Waals surface area contributed by atoms with Crippen molar-refractivity contribution in [3.63, 3.8) is 0 Å². The Morgan fingerprint density at radius 3 is 2.54 bits per heavy atom. The second-order valence-corrected chi connectivity index (χ2v) is 9.91. The molecule has 9 nitrogen and oxygen atoms in total. The van der Waals surface area contributed by atoms with Crippen molar-refractivity contribution in [3.05, 3.63) is 92.5 Å². The first-order valence-electron chi connectivity index (χ1n) is 13.1. The Hall–Kier alpha value is -3.66. The van der Waals surface area contributed by atoms with Crippen molar-refractivity contribution in [1.82, 2.24) is 14.5 Å². The lowest BCUT2D eigenvalue weighted by Crippen LogP contribution is -2.40. The van der Waals surface area contributed by atoms with Gasteiger partial charge in [-0.1, -0.05) is 41.9 Å². The fourth-order valence-electron chi connectivity index (χ4n) is 5.08. The molecule has 39 heavy (non-hydrogen) atoms. The summed E-state index contributed by atoms with van der Waals surface area (Å²) < 4.78 is 12.6. The molecule has 0 amide bonds. The Morgan fingerprint density at radius 1 is 1.13 bits per heavy atom. The van der Waals surface area contributed by atoms with Crippen LogP contribution in [0.2, 0.25) is 5.02 Å². The van der Waals surface area contributed by atoms with E-state index >= 15 is 0 Å². The highest BCUT2D eigenvalue weighted by molar-refractivity contribution is 6.30. The summed E-state index contributed by atoms with van der Waals surface area (Å²) in [7, 11) is 0. The number of fused-ring (bicyclic) bond motifs is 1. The van der Waals surface area contributed by atoms with Crippen LogP contribution in [0.5, 0.6) is 0 Å². The maximum Gasteiger partial charge on any atom is 0.351 e. The highest BCUT2D eigenvalue weighted by atomic mass is 35.5. The van der Waals surface area contributed by atoms with Crippen LogP contribution in [-0.4, -0.2) is 59.9 Å². The molecule has 0 aliphatic carbocycles. The molecule has 2 aliphatic rings. The molecule has 2 aliphatic heterocycles. The summed E-state index contributed by atoms with van der Waals surface area (Å²) in [6.07, 6.45) is 0. The highest BCUT2D eigenvalue weighted by Gasteiger charge is 2.37. The summed E-state index contributed by atoms with van der Waals surface area (Å²) in [5, 5.41) is 7.29. The van der Waals surface area contributed by atoms with Gasteiger partial charge >= 0.3 is 11.7 Å². The number of hydrogen-bond donors (Lipinski definition) is 2. The number of nitrogens with one attached hydrogen (secondary N) is 2. The largest absolute Gasteiger partial charge is 0.463 e. The van der Waals surface area contributed by atoms with Crippen LogP contribution >= 0.6 is 11.6 Å². The molecule has 1 fully saturated rings. The summed E-state index contributed by atoms with van der Waals surface area (Å²) in [4.78, 5) is 33.6. The zero-order chi connectivity index (χ0) is 27.4. The third-order valence-electron chi connectivity index (χ3n) is 6.98. The van der Waals surface area contributed by atoms with Crippen LogP contribution in [0.3, 0.4) is 0 Å². The Balaban J connectivity index is 1.67. The molecule has 10 heteroatoms. The summed E-state index contributed by atoms with van der Waals surface area (Å²) >= 11 is 6.10. The molecule has 1 unspecified atom stereocenters. The second kappa shape index (κ2) is 12.0. The van der Waals surface area contributed by atoms with E-state index in [1.54, 1.807) is 23.6 Å². The van der Waals surface area contributed by atoms with Gasteiger partial charge in [-0.2, -0.15) is 4.98 Å². The summed E-state index contributed by atoms with van der Waals surface area (Å²) in [6.45, 7) is 7.96. The molecule has 1 aromatic heterocycles. The van der Waals surface area contributed by atoms with E-state index in [2.05, 4.69) is 20.5 Å². The number of aromatic nitrogens is 2. The average molecular weight is 550 g/mol. The zero-order valence-corrected chi connectivity index (χ0v) is 22.8. The molecule has 0 saturated carbocycles. The lowest BCUT2D eigenvalue weighted by atomic mass is 9.81. The van der Waals surface area contributed by atoms with E-state index in [1.807, 2.05) is 49.4 Å². The average Bonchev–Trinajstić information content (AvgIpc) is 2.94. The number of hydrogen-bond acceptors (Lipinski definition) is 8. The van der Waals surface area contributed by atoms with Crippen LogP contribution in [0.4, 0.5) is 17.3 Å². The molecule has 0 spiro atoms. The predicted molar refractivity (Wildman–Crippen MR) is 152 cm³/mol. The lowest BCUT2D eigenvalue weighted by Gasteiger charge is -2.33. The van der Waals surface area contributed by atoms with Crippen LogP contribution in [0, 0.1) is 0 Å².